The van der Waals surface area contributed by atoms with Gasteiger partial charge in [-0.2, -0.15) is 0 Å². The van der Waals surface area contributed by atoms with Gasteiger partial charge in [0, 0.05) is 13.6 Å². The zero-order valence-electron chi connectivity index (χ0n) is 9.78. The molecule has 0 unspecified atom stereocenters. The number of nitrogens with zero attached hydrogens (tertiary/aromatic N) is 2. The van der Waals surface area contributed by atoms with Crippen LogP contribution < -0.4 is 0 Å². The van der Waals surface area contributed by atoms with Gasteiger partial charge in [-0.1, -0.05) is 0 Å². The summed E-state index contributed by atoms with van der Waals surface area (Å²) in [5.41, 5.74) is 2.75. The third kappa shape index (κ3) is 2.98. The molecule has 0 amide bonds. The van der Waals surface area contributed by atoms with E-state index in [0.29, 0.717) is 5.75 Å². The van der Waals surface area contributed by atoms with Crippen LogP contribution in [0, 0.1) is 13.8 Å². The molecule has 0 heterocycles. The van der Waals surface area contributed by atoms with Crippen LogP contribution in [0.2, 0.25) is 0 Å². The molecule has 0 bridgehead atoms. The lowest BCUT2D eigenvalue weighted by Gasteiger charge is -2.09. The van der Waals surface area contributed by atoms with Crippen molar-refractivity contribution in [2.24, 2.45) is 4.99 Å². The van der Waals surface area contributed by atoms with Gasteiger partial charge in [-0.05, 0) is 44.0 Å². The van der Waals surface area contributed by atoms with Crippen LogP contribution in [0.25, 0.3) is 0 Å². The van der Waals surface area contributed by atoms with Crippen molar-refractivity contribution in [2.75, 3.05) is 13.6 Å². The van der Waals surface area contributed by atoms with Crippen molar-refractivity contribution in [3.63, 3.8) is 0 Å². The summed E-state index contributed by atoms with van der Waals surface area (Å²) in [6, 6.07) is 3.64. The molecule has 0 aliphatic heterocycles. The highest BCUT2D eigenvalue weighted by Crippen LogP contribution is 2.26. The second-order valence-electron chi connectivity index (χ2n) is 3.74. The average molecular weight is 206 g/mol. The van der Waals surface area contributed by atoms with E-state index in [1.54, 1.807) is 12.4 Å². The lowest BCUT2D eigenvalue weighted by Crippen LogP contribution is -2.14. The lowest BCUT2D eigenvalue weighted by molar-refractivity contribution is 0.470. The van der Waals surface area contributed by atoms with Crippen LogP contribution in [0.15, 0.2) is 17.1 Å². The van der Waals surface area contributed by atoms with E-state index < -0.39 is 0 Å². The minimum absolute atomic E-state index is 0.329. The van der Waals surface area contributed by atoms with E-state index in [-0.39, 0.29) is 0 Å². The maximum atomic E-state index is 9.49. The predicted molar refractivity (Wildman–Crippen MR) is 64.0 cm³/mol. The zero-order valence-corrected chi connectivity index (χ0v) is 9.78. The van der Waals surface area contributed by atoms with E-state index in [1.807, 2.05) is 31.9 Å². The molecule has 1 N–H and O–H groups in total. The van der Waals surface area contributed by atoms with Crippen molar-refractivity contribution in [1.29, 1.82) is 0 Å². The standard InChI is InChI=1S/C12H18N2O/c1-5-14(4)8-13-11-6-10(3)12(15)7-9(11)2/h6-8,15H,5H2,1-4H3/b13-8+. The number of rotatable bonds is 3. The largest absolute Gasteiger partial charge is 0.508 e. The molecule has 1 aromatic rings. The maximum Gasteiger partial charge on any atom is 0.118 e. The van der Waals surface area contributed by atoms with Crippen LogP contribution in [-0.2, 0) is 0 Å². The van der Waals surface area contributed by atoms with Gasteiger partial charge in [-0.15, -0.1) is 0 Å². The second-order valence-corrected chi connectivity index (χ2v) is 3.74. The van der Waals surface area contributed by atoms with Gasteiger partial charge < -0.3 is 10.0 Å². The molecule has 0 aromatic heterocycles. The van der Waals surface area contributed by atoms with E-state index in [4.69, 9.17) is 0 Å². The predicted octanol–water partition coefficient (Wildman–Crippen LogP) is 2.62. The minimum Gasteiger partial charge on any atom is -0.508 e. The van der Waals surface area contributed by atoms with Gasteiger partial charge in [0.25, 0.3) is 0 Å². The van der Waals surface area contributed by atoms with Crippen molar-refractivity contribution < 1.29 is 5.11 Å². The Balaban J connectivity index is 2.95. The van der Waals surface area contributed by atoms with Gasteiger partial charge in [-0.25, -0.2) is 4.99 Å². The highest BCUT2D eigenvalue weighted by atomic mass is 16.3. The van der Waals surface area contributed by atoms with Crippen molar-refractivity contribution in [1.82, 2.24) is 4.90 Å². The number of aryl methyl sites for hydroxylation is 2. The molecular weight excluding hydrogens is 188 g/mol. The summed E-state index contributed by atoms with van der Waals surface area (Å²) in [6.07, 6.45) is 1.80. The van der Waals surface area contributed by atoms with Crippen LogP contribution in [-0.4, -0.2) is 29.9 Å². The van der Waals surface area contributed by atoms with Gasteiger partial charge in [0.2, 0.25) is 0 Å². The Hall–Kier alpha value is -1.51. The number of aliphatic imine (C=N–C) groups is 1. The van der Waals surface area contributed by atoms with E-state index in [0.717, 1.165) is 23.4 Å². The molecule has 0 spiro atoms. The SMILES string of the molecule is CCN(C)/C=N/c1cc(C)c(O)cc1C. The lowest BCUT2D eigenvalue weighted by atomic mass is 10.1. The minimum atomic E-state index is 0.329. The summed E-state index contributed by atoms with van der Waals surface area (Å²) in [6.45, 7) is 6.82. The molecule has 3 nitrogen and oxygen atoms in total. The van der Waals surface area contributed by atoms with Crippen LogP contribution >= 0.6 is 0 Å². The Kier molecular flexibility index (Phi) is 3.72. The fraction of sp³-hybridized carbons (Fsp3) is 0.417. The number of phenols is 1. The first kappa shape index (κ1) is 11.6. The number of hydrogen-bond acceptors (Lipinski definition) is 2. The summed E-state index contributed by atoms with van der Waals surface area (Å²) in [5.74, 6) is 0.329. The first-order valence-corrected chi connectivity index (χ1v) is 5.09. The normalized spacial score (nSPS) is 10.9. The van der Waals surface area contributed by atoms with E-state index in [1.165, 1.54) is 0 Å². The third-order valence-electron chi connectivity index (χ3n) is 2.41. The summed E-state index contributed by atoms with van der Waals surface area (Å²) < 4.78 is 0. The van der Waals surface area contributed by atoms with Gasteiger partial charge in [0.05, 0.1) is 12.0 Å². The van der Waals surface area contributed by atoms with Crippen molar-refractivity contribution in [3.8, 4) is 5.75 Å². The summed E-state index contributed by atoms with van der Waals surface area (Å²) >= 11 is 0. The molecule has 0 radical (unpaired) electrons. The number of phenolic OH excluding ortho intramolecular Hbond substituents is 1. The first-order valence-electron chi connectivity index (χ1n) is 5.09. The molecule has 1 rings (SSSR count). The summed E-state index contributed by atoms with van der Waals surface area (Å²) in [5, 5.41) is 9.49. The monoisotopic (exact) mass is 206 g/mol. The van der Waals surface area contributed by atoms with Crippen LogP contribution in [0.1, 0.15) is 18.1 Å². The molecule has 82 valence electrons. The smallest absolute Gasteiger partial charge is 0.118 e. The Labute approximate surface area is 91.1 Å². The first-order chi connectivity index (χ1) is 7.04. The zero-order chi connectivity index (χ0) is 11.4. The molecule has 0 saturated carbocycles. The van der Waals surface area contributed by atoms with Crippen molar-refractivity contribution in [3.05, 3.63) is 23.3 Å². The maximum absolute atomic E-state index is 9.49. The molecule has 3 heteroatoms. The molecule has 15 heavy (non-hydrogen) atoms. The molecule has 0 saturated heterocycles. The highest BCUT2D eigenvalue weighted by molar-refractivity contribution is 5.64. The Bertz CT molecular complexity index is 372. The van der Waals surface area contributed by atoms with Crippen molar-refractivity contribution >= 4 is 12.0 Å². The van der Waals surface area contributed by atoms with Crippen LogP contribution in [0.4, 0.5) is 5.69 Å². The average Bonchev–Trinajstić information content (AvgIpc) is 2.21. The van der Waals surface area contributed by atoms with Gasteiger partial charge in [0.15, 0.2) is 0 Å². The topological polar surface area (TPSA) is 35.8 Å². The van der Waals surface area contributed by atoms with Gasteiger partial charge >= 0.3 is 0 Å². The quantitative estimate of drug-likeness (QED) is 0.609. The Morgan fingerprint density at radius 1 is 1.33 bits per heavy atom. The van der Waals surface area contributed by atoms with Crippen LogP contribution in [0.3, 0.4) is 0 Å². The molecule has 0 aliphatic rings. The fourth-order valence-corrected chi connectivity index (χ4v) is 1.17. The Morgan fingerprint density at radius 2 is 2.00 bits per heavy atom. The molecule has 0 aliphatic carbocycles. The third-order valence-corrected chi connectivity index (χ3v) is 2.41. The summed E-state index contributed by atoms with van der Waals surface area (Å²) in [4.78, 5) is 6.37. The second kappa shape index (κ2) is 4.82. The van der Waals surface area contributed by atoms with Crippen molar-refractivity contribution in [2.45, 2.75) is 20.8 Å². The molecular formula is C12H18N2O. The summed E-state index contributed by atoms with van der Waals surface area (Å²) in [7, 11) is 1.98. The number of benzene rings is 1. The van der Waals surface area contributed by atoms with E-state index in [2.05, 4.69) is 11.9 Å². The molecule has 0 fully saturated rings. The Morgan fingerprint density at radius 3 is 2.60 bits per heavy atom. The molecule has 0 atom stereocenters. The van der Waals surface area contributed by atoms with Gasteiger partial charge in [-0.3, -0.25) is 0 Å². The van der Waals surface area contributed by atoms with E-state index in [9.17, 15) is 5.11 Å². The van der Waals surface area contributed by atoms with Gasteiger partial charge in [0.1, 0.15) is 5.75 Å². The molecule has 1 aromatic carbocycles. The number of aromatic hydroxyl groups is 1. The van der Waals surface area contributed by atoms with E-state index >= 15 is 0 Å². The number of hydrogen-bond donors (Lipinski definition) is 1. The fourth-order valence-electron chi connectivity index (χ4n) is 1.17. The highest BCUT2D eigenvalue weighted by Gasteiger charge is 2.01. The van der Waals surface area contributed by atoms with Crippen LogP contribution in [0.5, 0.6) is 5.75 Å².